The molecule has 4 fully saturated rings. The monoisotopic (exact) mass is 405 g/mol. The number of nitrogens with zero attached hydrogens (tertiary/aromatic N) is 2. The first kappa shape index (κ1) is 18.0. The number of fused-ring (bicyclic) bond motifs is 1. The van der Waals surface area contributed by atoms with Gasteiger partial charge in [0.2, 0.25) is 10.0 Å². The van der Waals surface area contributed by atoms with Crippen molar-refractivity contribution in [3.05, 3.63) is 18.2 Å². The standard InChI is InChI=1S/C20H27N3O2S2/c1-2-4-18(20-10-13-7-14(11-20)9-15(8-13)12-20)23-27(24,25)17-6-3-5-16-19(17)22-26-21-16/h3,5-6,13-15,18,23H,2,4,7-12H2,1H3. The second kappa shape index (κ2) is 6.49. The molecule has 4 aliphatic carbocycles. The van der Waals surface area contributed by atoms with Crippen LogP contribution in [0, 0.1) is 23.2 Å². The topological polar surface area (TPSA) is 72.0 Å². The van der Waals surface area contributed by atoms with Gasteiger partial charge in [-0.1, -0.05) is 19.4 Å². The minimum Gasteiger partial charge on any atom is -0.207 e. The molecular formula is C20H27N3O2S2. The first-order valence-corrected chi connectivity index (χ1v) is 12.4. The Labute approximate surface area is 165 Å². The molecule has 4 bridgehead atoms. The van der Waals surface area contributed by atoms with Crippen LogP contribution in [0.4, 0.5) is 0 Å². The van der Waals surface area contributed by atoms with Crippen molar-refractivity contribution in [1.82, 2.24) is 13.5 Å². The van der Waals surface area contributed by atoms with Crippen LogP contribution in [0.15, 0.2) is 23.1 Å². The van der Waals surface area contributed by atoms with E-state index in [1.54, 1.807) is 12.1 Å². The summed E-state index contributed by atoms with van der Waals surface area (Å²) >= 11 is 1.07. The average molecular weight is 406 g/mol. The maximum atomic E-state index is 13.3. The molecule has 1 heterocycles. The van der Waals surface area contributed by atoms with Crippen molar-refractivity contribution >= 4 is 32.8 Å². The van der Waals surface area contributed by atoms with Crippen LogP contribution in [0.3, 0.4) is 0 Å². The first-order valence-electron chi connectivity index (χ1n) is 10.2. The lowest BCUT2D eigenvalue weighted by atomic mass is 9.47. The zero-order valence-electron chi connectivity index (χ0n) is 15.7. The third kappa shape index (κ3) is 3.02. The summed E-state index contributed by atoms with van der Waals surface area (Å²) < 4.78 is 38.3. The van der Waals surface area contributed by atoms with Gasteiger partial charge in [-0.3, -0.25) is 0 Å². The van der Waals surface area contributed by atoms with Gasteiger partial charge in [0, 0.05) is 6.04 Å². The molecule has 0 aliphatic heterocycles. The van der Waals surface area contributed by atoms with Crippen molar-refractivity contribution in [1.29, 1.82) is 0 Å². The highest BCUT2D eigenvalue weighted by Gasteiger charge is 2.54. The minimum atomic E-state index is -3.62. The molecule has 4 aliphatic rings. The Kier molecular flexibility index (Phi) is 4.33. The van der Waals surface area contributed by atoms with E-state index in [2.05, 4.69) is 20.4 Å². The van der Waals surface area contributed by atoms with Crippen LogP contribution in [0.2, 0.25) is 0 Å². The van der Waals surface area contributed by atoms with Gasteiger partial charge >= 0.3 is 0 Å². The third-order valence-corrected chi connectivity index (χ3v) is 9.28. The predicted octanol–water partition coefficient (Wildman–Crippen LogP) is 4.35. The Morgan fingerprint density at radius 2 is 1.81 bits per heavy atom. The molecule has 6 rings (SSSR count). The maximum absolute atomic E-state index is 13.3. The van der Waals surface area contributed by atoms with Crippen molar-refractivity contribution in [3.8, 4) is 0 Å². The summed E-state index contributed by atoms with van der Waals surface area (Å²) in [6.07, 6.45) is 9.63. The summed E-state index contributed by atoms with van der Waals surface area (Å²) in [5.41, 5.74) is 1.31. The van der Waals surface area contributed by atoms with Crippen molar-refractivity contribution in [2.75, 3.05) is 0 Å². The van der Waals surface area contributed by atoms with E-state index in [0.717, 1.165) is 42.3 Å². The lowest BCUT2D eigenvalue weighted by molar-refractivity contribution is -0.0712. The van der Waals surface area contributed by atoms with E-state index in [1.165, 1.54) is 38.5 Å². The van der Waals surface area contributed by atoms with E-state index in [-0.39, 0.29) is 16.4 Å². The van der Waals surface area contributed by atoms with E-state index >= 15 is 0 Å². The van der Waals surface area contributed by atoms with Crippen LogP contribution in [0.1, 0.15) is 58.3 Å². The number of rotatable bonds is 6. The number of hydrogen-bond acceptors (Lipinski definition) is 5. The molecule has 4 saturated carbocycles. The smallest absolute Gasteiger partial charge is 0.207 e. The Balaban J connectivity index is 1.49. The molecule has 1 N–H and O–H groups in total. The van der Waals surface area contributed by atoms with Crippen molar-refractivity contribution < 1.29 is 8.42 Å². The summed E-state index contributed by atoms with van der Waals surface area (Å²) in [5, 5.41) is 0. The number of benzene rings is 1. The van der Waals surface area contributed by atoms with E-state index in [1.807, 2.05) is 6.07 Å². The summed E-state index contributed by atoms with van der Waals surface area (Å²) in [6.45, 7) is 2.16. The molecule has 27 heavy (non-hydrogen) atoms. The molecule has 146 valence electrons. The molecule has 7 heteroatoms. The molecule has 1 aromatic heterocycles. The molecule has 0 saturated heterocycles. The molecular weight excluding hydrogens is 378 g/mol. The SMILES string of the molecule is CCCC(NS(=O)(=O)c1cccc2nsnc12)C12CC3CC(CC(C3)C1)C2. The molecule has 1 aromatic carbocycles. The highest BCUT2D eigenvalue weighted by atomic mass is 32.2. The number of aromatic nitrogens is 2. The van der Waals surface area contributed by atoms with Gasteiger partial charge in [0.25, 0.3) is 0 Å². The Morgan fingerprint density at radius 1 is 1.15 bits per heavy atom. The fourth-order valence-corrected chi connectivity index (χ4v) is 8.77. The van der Waals surface area contributed by atoms with Crippen molar-refractivity contribution in [3.63, 3.8) is 0 Å². The van der Waals surface area contributed by atoms with Gasteiger partial charge in [0.1, 0.15) is 15.9 Å². The van der Waals surface area contributed by atoms with Gasteiger partial charge in [-0.05, 0) is 80.2 Å². The second-order valence-electron chi connectivity index (χ2n) is 9.13. The Hall–Kier alpha value is -1.05. The van der Waals surface area contributed by atoms with Gasteiger partial charge in [-0.25, -0.2) is 13.1 Å². The molecule has 1 atom stereocenters. The van der Waals surface area contributed by atoms with E-state index < -0.39 is 10.0 Å². The normalized spacial score (nSPS) is 33.6. The molecule has 0 amide bonds. The highest BCUT2D eigenvalue weighted by molar-refractivity contribution is 7.89. The Morgan fingerprint density at radius 3 is 2.44 bits per heavy atom. The Bertz CT molecular complexity index is 918. The van der Waals surface area contributed by atoms with Crippen LogP contribution in [-0.4, -0.2) is 23.2 Å². The van der Waals surface area contributed by atoms with Crippen molar-refractivity contribution in [2.24, 2.45) is 23.2 Å². The molecule has 5 nitrogen and oxygen atoms in total. The van der Waals surface area contributed by atoms with Crippen LogP contribution in [0.25, 0.3) is 11.0 Å². The number of nitrogens with one attached hydrogen (secondary N) is 1. The minimum absolute atomic E-state index is 0.0303. The number of sulfonamides is 1. The van der Waals surface area contributed by atoms with Crippen LogP contribution >= 0.6 is 11.7 Å². The van der Waals surface area contributed by atoms with E-state index in [9.17, 15) is 8.42 Å². The quantitative estimate of drug-likeness (QED) is 0.775. The zero-order valence-corrected chi connectivity index (χ0v) is 17.4. The van der Waals surface area contributed by atoms with Crippen molar-refractivity contribution in [2.45, 2.75) is 69.2 Å². The fourth-order valence-electron chi connectivity index (χ4n) is 6.63. The highest BCUT2D eigenvalue weighted by Crippen LogP contribution is 2.61. The van der Waals surface area contributed by atoms with E-state index in [0.29, 0.717) is 11.0 Å². The van der Waals surface area contributed by atoms with Gasteiger partial charge in [-0.15, -0.1) is 0 Å². The van der Waals surface area contributed by atoms with Crippen LogP contribution in [-0.2, 0) is 10.0 Å². The molecule has 1 unspecified atom stereocenters. The summed E-state index contributed by atoms with van der Waals surface area (Å²) in [7, 11) is -3.62. The van der Waals surface area contributed by atoms with Gasteiger partial charge in [0.05, 0.1) is 11.7 Å². The zero-order chi connectivity index (χ0) is 18.6. The van der Waals surface area contributed by atoms with Gasteiger partial charge < -0.3 is 0 Å². The third-order valence-electron chi connectivity index (χ3n) is 7.24. The largest absolute Gasteiger partial charge is 0.243 e. The number of hydrogen-bond donors (Lipinski definition) is 1. The summed E-state index contributed by atoms with van der Waals surface area (Å²) in [5.74, 6) is 2.43. The van der Waals surface area contributed by atoms with Crippen LogP contribution < -0.4 is 4.72 Å². The summed E-state index contributed by atoms with van der Waals surface area (Å²) in [4.78, 5) is 0.277. The second-order valence-corrected chi connectivity index (χ2v) is 11.3. The summed E-state index contributed by atoms with van der Waals surface area (Å²) in [6, 6.07) is 5.27. The van der Waals surface area contributed by atoms with Gasteiger partial charge in [0.15, 0.2) is 0 Å². The van der Waals surface area contributed by atoms with E-state index in [4.69, 9.17) is 0 Å². The lowest BCUT2D eigenvalue weighted by Crippen LogP contribution is -2.56. The molecule has 0 radical (unpaired) electrons. The molecule has 2 aromatic rings. The first-order chi connectivity index (χ1) is 13.0. The fraction of sp³-hybridized carbons (Fsp3) is 0.700. The predicted molar refractivity (Wildman–Crippen MR) is 107 cm³/mol. The van der Waals surface area contributed by atoms with Gasteiger partial charge in [-0.2, -0.15) is 8.75 Å². The maximum Gasteiger partial charge on any atom is 0.243 e. The molecule has 0 spiro atoms. The average Bonchev–Trinajstić information content (AvgIpc) is 3.08. The lowest BCUT2D eigenvalue weighted by Gasteiger charge is -2.59. The van der Waals surface area contributed by atoms with Crippen LogP contribution in [0.5, 0.6) is 0 Å².